The molecule has 1 heterocycles. The van der Waals surface area contributed by atoms with Crippen molar-refractivity contribution in [2.75, 3.05) is 13.2 Å². The van der Waals surface area contributed by atoms with Gasteiger partial charge < -0.3 is 9.96 Å². The highest BCUT2D eigenvalue weighted by molar-refractivity contribution is 14.1. The Morgan fingerprint density at radius 1 is 1.80 bits per heavy atom. The molecule has 0 bridgehead atoms. The molecule has 10 heavy (non-hydrogen) atoms. The molecule has 0 aliphatic carbocycles. The summed E-state index contributed by atoms with van der Waals surface area (Å²) in [5.41, 5.74) is 1.31. The molecule has 1 rings (SSSR count). The van der Waals surface area contributed by atoms with Gasteiger partial charge in [0.05, 0.1) is 13.2 Å². The van der Waals surface area contributed by atoms with Crippen LogP contribution in [0.3, 0.4) is 0 Å². The Labute approximate surface area is 77.3 Å². The highest BCUT2D eigenvalue weighted by atomic mass is 127. The number of halogens is 1. The van der Waals surface area contributed by atoms with Crippen molar-refractivity contribution in [2.45, 2.75) is 6.42 Å². The molecule has 56 valence electrons. The Balaban J connectivity index is 2.31. The van der Waals surface area contributed by atoms with E-state index in [1.807, 2.05) is 0 Å². The quantitative estimate of drug-likeness (QED) is 0.461. The first-order valence-corrected chi connectivity index (χ1v) is 5.13. The molecule has 0 radical (unpaired) electrons. The second kappa shape index (κ2) is 4.57. The first kappa shape index (κ1) is 8.82. The zero-order chi connectivity index (χ0) is 7.40. The summed E-state index contributed by atoms with van der Waals surface area (Å²) >= 11 is 2.31. The van der Waals surface area contributed by atoms with Gasteiger partial charge in [-0.2, -0.15) is 0 Å². The predicted molar refractivity (Wildman–Crippen MR) is 56.1 cm³/mol. The summed E-state index contributed by atoms with van der Waals surface area (Å²) in [6, 6.07) is 0. The summed E-state index contributed by atoms with van der Waals surface area (Å²) in [5, 5.41) is 3.31. The average molecular weight is 269 g/mol. The summed E-state index contributed by atoms with van der Waals surface area (Å²) in [7, 11) is 2.70. The fraction of sp³-hybridized carbons (Fsp3) is 0.600. The SMILES string of the molecule is PB(I)NC1=CCOCC1. The maximum atomic E-state index is 5.16. The summed E-state index contributed by atoms with van der Waals surface area (Å²) in [6.45, 7) is 1.61. The minimum atomic E-state index is 0.432. The lowest BCUT2D eigenvalue weighted by atomic mass is 10.2. The topological polar surface area (TPSA) is 21.3 Å². The van der Waals surface area contributed by atoms with Crippen molar-refractivity contribution in [3.05, 3.63) is 11.8 Å². The lowest BCUT2D eigenvalue weighted by Crippen LogP contribution is -2.24. The third-order valence-corrected chi connectivity index (χ3v) is 1.76. The van der Waals surface area contributed by atoms with Crippen LogP contribution in [0.15, 0.2) is 11.8 Å². The minimum absolute atomic E-state index is 0.432. The second-order valence-electron chi connectivity index (χ2n) is 2.10. The van der Waals surface area contributed by atoms with Gasteiger partial charge in [0.25, 0.3) is 0 Å². The van der Waals surface area contributed by atoms with Crippen LogP contribution in [0, 0.1) is 0 Å². The van der Waals surface area contributed by atoms with Crippen LogP contribution in [0.5, 0.6) is 0 Å². The lowest BCUT2D eigenvalue weighted by molar-refractivity contribution is 0.153. The first-order chi connectivity index (χ1) is 4.79. The number of nitrogens with one attached hydrogen (secondary N) is 1. The van der Waals surface area contributed by atoms with Gasteiger partial charge in [-0.3, -0.25) is 0 Å². The molecule has 0 fully saturated rings. The van der Waals surface area contributed by atoms with Gasteiger partial charge >= 0.3 is 4.42 Å². The van der Waals surface area contributed by atoms with Crippen LogP contribution in [0.4, 0.5) is 0 Å². The number of ether oxygens (including phenoxy) is 1. The van der Waals surface area contributed by atoms with Crippen molar-refractivity contribution >= 4 is 35.9 Å². The fourth-order valence-electron chi connectivity index (χ4n) is 0.835. The van der Waals surface area contributed by atoms with Crippen molar-refractivity contribution in [3.8, 4) is 0 Å². The lowest BCUT2D eigenvalue weighted by Gasteiger charge is -2.15. The number of hydrogen-bond donors (Lipinski definition) is 1. The van der Waals surface area contributed by atoms with Crippen LogP contribution in [-0.2, 0) is 4.74 Å². The van der Waals surface area contributed by atoms with E-state index in [4.69, 9.17) is 4.74 Å². The molecular weight excluding hydrogens is 259 g/mol. The van der Waals surface area contributed by atoms with Crippen LogP contribution in [0.25, 0.3) is 0 Å². The van der Waals surface area contributed by atoms with Crippen LogP contribution in [0.2, 0.25) is 0 Å². The predicted octanol–water partition coefficient (Wildman–Crippen LogP) is 1.18. The molecule has 1 aliphatic heterocycles. The van der Waals surface area contributed by atoms with Gasteiger partial charge in [-0.05, 0) is 6.08 Å². The van der Waals surface area contributed by atoms with Crippen LogP contribution in [-0.4, -0.2) is 17.6 Å². The minimum Gasteiger partial charge on any atom is -0.419 e. The van der Waals surface area contributed by atoms with E-state index in [-0.39, 0.29) is 0 Å². The van der Waals surface area contributed by atoms with Gasteiger partial charge in [0.15, 0.2) is 0 Å². The number of rotatable bonds is 2. The van der Waals surface area contributed by atoms with Crippen molar-refractivity contribution < 1.29 is 4.74 Å². The van der Waals surface area contributed by atoms with Crippen LogP contribution in [0.1, 0.15) is 6.42 Å². The molecule has 0 aromatic carbocycles. The molecule has 1 N–H and O–H groups in total. The summed E-state index contributed by atoms with van der Waals surface area (Å²) in [6.07, 6.45) is 3.12. The van der Waals surface area contributed by atoms with Crippen LogP contribution < -0.4 is 5.23 Å². The van der Waals surface area contributed by atoms with E-state index in [0.717, 1.165) is 19.6 Å². The third-order valence-electron chi connectivity index (χ3n) is 1.29. The second-order valence-corrected chi connectivity index (χ2v) is 5.47. The van der Waals surface area contributed by atoms with E-state index in [1.54, 1.807) is 0 Å². The summed E-state index contributed by atoms with van der Waals surface area (Å²) in [4.78, 5) is 0. The van der Waals surface area contributed by atoms with E-state index < -0.39 is 0 Å². The zero-order valence-electron chi connectivity index (χ0n) is 5.64. The molecular formula is C5H10BINOP. The molecule has 1 atom stereocenters. The molecule has 1 unspecified atom stereocenters. The Bertz CT molecular complexity index is 142. The standard InChI is InChI=1S/C5H10BINOP/c7-6(10)8-5-1-3-9-4-2-5/h1,8H,2-4,10H2. The number of hydrogen-bond acceptors (Lipinski definition) is 2. The van der Waals surface area contributed by atoms with E-state index >= 15 is 0 Å². The van der Waals surface area contributed by atoms with Gasteiger partial charge in [0.1, 0.15) is 0 Å². The largest absolute Gasteiger partial charge is 0.419 e. The maximum absolute atomic E-state index is 5.16. The van der Waals surface area contributed by atoms with Gasteiger partial charge in [0, 0.05) is 12.1 Å². The van der Waals surface area contributed by atoms with E-state index in [2.05, 4.69) is 42.8 Å². The third kappa shape index (κ3) is 3.22. The average Bonchev–Trinajstić information content (AvgIpc) is 1.88. The molecule has 0 saturated heterocycles. The molecule has 0 amide bonds. The Morgan fingerprint density at radius 2 is 2.60 bits per heavy atom. The molecule has 0 aromatic heterocycles. The molecule has 1 aliphatic rings. The molecule has 0 aromatic rings. The molecule has 0 saturated carbocycles. The summed E-state index contributed by atoms with van der Waals surface area (Å²) < 4.78 is 5.59. The fourth-order valence-corrected chi connectivity index (χ4v) is 1.45. The summed E-state index contributed by atoms with van der Waals surface area (Å²) in [5.74, 6) is 0. The monoisotopic (exact) mass is 269 g/mol. The zero-order valence-corrected chi connectivity index (χ0v) is 8.95. The molecule has 2 nitrogen and oxygen atoms in total. The van der Waals surface area contributed by atoms with Gasteiger partial charge in [-0.15, -0.1) is 31.5 Å². The smallest absolute Gasteiger partial charge is 0.346 e. The highest BCUT2D eigenvalue weighted by Crippen LogP contribution is 2.08. The van der Waals surface area contributed by atoms with Gasteiger partial charge in [-0.1, -0.05) is 0 Å². The highest BCUT2D eigenvalue weighted by Gasteiger charge is 2.06. The van der Waals surface area contributed by atoms with Crippen molar-refractivity contribution in [1.82, 2.24) is 5.23 Å². The van der Waals surface area contributed by atoms with Crippen LogP contribution >= 0.6 is 31.5 Å². The van der Waals surface area contributed by atoms with E-state index in [9.17, 15) is 0 Å². The van der Waals surface area contributed by atoms with Gasteiger partial charge in [0.2, 0.25) is 0 Å². The normalized spacial score (nSPS) is 18.0. The van der Waals surface area contributed by atoms with Crippen molar-refractivity contribution in [2.24, 2.45) is 0 Å². The maximum Gasteiger partial charge on any atom is 0.346 e. The Hall–Kier alpha value is 0.725. The van der Waals surface area contributed by atoms with E-state index in [0.29, 0.717) is 4.42 Å². The Kier molecular flexibility index (Phi) is 4.03. The van der Waals surface area contributed by atoms with E-state index in [1.165, 1.54) is 5.70 Å². The molecule has 5 heteroatoms. The van der Waals surface area contributed by atoms with Crippen molar-refractivity contribution in [1.29, 1.82) is 0 Å². The van der Waals surface area contributed by atoms with Crippen molar-refractivity contribution in [3.63, 3.8) is 0 Å². The molecule has 0 spiro atoms. The first-order valence-electron chi connectivity index (χ1n) is 3.22. The van der Waals surface area contributed by atoms with Gasteiger partial charge in [-0.25, -0.2) is 0 Å². The Morgan fingerprint density at radius 3 is 3.10 bits per heavy atom.